The fraction of sp³-hybridized carbons (Fsp3) is 0.278. The summed E-state index contributed by atoms with van der Waals surface area (Å²) in [7, 11) is 1.19. The van der Waals surface area contributed by atoms with Gasteiger partial charge in [-0.05, 0) is 18.2 Å². The fourth-order valence-electron chi connectivity index (χ4n) is 2.44. The molecule has 1 aliphatic rings. The number of ether oxygens (including phenoxy) is 2. The molecular weight excluding hydrogens is 350 g/mol. The zero-order valence-corrected chi connectivity index (χ0v) is 14.5. The number of amides is 1. The van der Waals surface area contributed by atoms with Crippen LogP contribution in [-0.2, 0) is 9.47 Å². The van der Waals surface area contributed by atoms with Crippen LogP contribution in [0.2, 0.25) is 0 Å². The first kappa shape index (κ1) is 19.5. The van der Waals surface area contributed by atoms with Crippen molar-refractivity contribution in [1.82, 2.24) is 4.90 Å². The van der Waals surface area contributed by atoms with E-state index >= 15 is 0 Å². The lowest BCUT2D eigenvalue weighted by Gasteiger charge is -2.27. The molecule has 0 bridgehead atoms. The maximum absolute atomic E-state index is 12.6. The highest BCUT2D eigenvalue weighted by Crippen LogP contribution is 2.23. The molecule has 1 amide bonds. The number of morpholine rings is 1. The van der Waals surface area contributed by atoms with Crippen LogP contribution in [0.15, 0.2) is 29.5 Å². The van der Waals surface area contributed by atoms with Crippen molar-refractivity contribution in [2.45, 2.75) is 0 Å². The van der Waals surface area contributed by atoms with Gasteiger partial charge >= 0.3 is 5.97 Å². The van der Waals surface area contributed by atoms with Crippen LogP contribution in [0.3, 0.4) is 0 Å². The summed E-state index contributed by atoms with van der Waals surface area (Å²) >= 11 is 0. The molecule has 0 atom stereocenters. The summed E-state index contributed by atoms with van der Waals surface area (Å²) in [6.07, 6.45) is 0. The molecule has 1 aromatic rings. The van der Waals surface area contributed by atoms with Gasteiger partial charge in [-0.2, -0.15) is 15.8 Å². The van der Waals surface area contributed by atoms with Crippen LogP contribution >= 0.6 is 0 Å². The van der Waals surface area contributed by atoms with Crippen LogP contribution in [0.25, 0.3) is 0 Å². The van der Waals surface area contributed by atoms with Gasteiger partial charge in [0.1, 0.15) is 23.9 Å². The molecule has 0 spiro atoms. The molecule has 1 aliphatic heterocycles. The number of hydrogen-bond acceptors (Lipinski definition) is 8. The number of nitrogens with one attached hydrogen (secondary N) is 1. The second-order valence-corrected chi connectivity index (χ2v) is 5.37. The third-order valence-corrected chi connectivity index (χ3v) is 3.82. The van der Waals surface area contributed by atoms with Crippen LogP contribution in [0.1, 0.15) is 20.7 Å². The van der Waals surface area contributed by atoms with Crippen LogP contribution in [0.5, 0.6) is 0 Å². The normalized spacial score (nSPS) is 12.7. The minimum absolute atomic E-state index is 0.0546. The van der Waals surface area contributed by atoms with Crippen molar-refractivity contribution < 1.29 is 19.1 Å². The predicted octanol–water partition coefficient (Wildman–Crippen LogP) is 1.18. The van der Waals surface area contributed by atoms with Gasteiger partial charge in [0.2, 0.25) is 0 Å². The summed E-state index contributed by atoms with van der Waals surface area (Å²) in [4.78, 5) is 26.3. The second kappa shape index (κ2) is 9.00. The van der Waals surface area contributed by atoms with E-state index in [-0.39, 0.29) is 28.4 Å². The summed E-state index contributed by atoms with van der Waals surface area (Å²) in [5, 5.41) is 29.7. The molecule has 9 nitrogen and oxygen atoms in total. The SMILES string of the molecule is COC(=O)c1ccc(C(=O)N2CCOCC2)cc1NC(C#N)=C(C#N)C#N. The minimum Gasteiger partial charge on any atom is -0.465 e. The number of carbonyl (C=O) groups is 2. The average Bonchev–Trinajstić information content (AvgIpc) is 2.73. The van der Waals surface area contributed by atoms with Gasteiger partial charge < -0.3 is 19.7 Å². The highest BCUT2D eigenvalue weighted by atomic mass is 16.5. The van der Waals surface area contributed by atoms with Gasteiger partial charge in [0.25, 0.3) is 5.91 Å². The van der Waals surface area contributed by atoms with E-state index < -0.39 is 11.5 Å². The third kappa shape index (κ3) is 4.40. The molecule has 9 heteroatoms. The number of rotatable bonds is 4. The van der Waals surface area contributed by atoms with Crippen molar-refractivity contribution in [3.63, 3.8) is 0 Å². The minimum atomic E-state index is -0.698. The van der Waals surface area contributed by atoms with Crippen molar-refractivity contribution in [2.24, 2.45) is 0 Å². The van der Waals surface area contributed by atoms with Crippen molar-refractivity contribution in [2.75, 3.05) is 38.7 Å². The number of hydrogen-bond donors (Lipinski definition) is 1. The lowest BCUT2D eigenvalue weighted by Crippen LogP contribution is -2.40. The molecule has 1 saturated heterocycles. The Bertz CT molecular complexity index is 895. The number of nitriles is 3. The molecule has 1 heterocycles. The maximum atomic E-state index is 12.6. The third-order valence-electron chi connectivity index (χ3n) is 3.82. The van der Waals surface area contributed by atoms with Gasteiger partial charge in [0, 0.05) is 18.7 Å². The topological polar surface area (TPSA) is 139 Å². The van der Waals surface area contributed by atoms with Gasteiger partial charge in [-0.3, -0.25) is 4.79 Å². The van der Waals surface area contributed by atoms with Crippen molar-refractivity contribution >= 4 is 17.6 Å². The van der Waals surface area contributed by atoms with E-state index in [4.69, 9.17) is 20.0 Å². The van der Waals surface area contributed by atoms with E-state index in [1.165, 1.54) is 25.3 Å². The van der Waals surface area contributed by atoms with Crippen LogP contribution in [-0.4, -0.2) is 50.2 Å². The Morgan fingerprint density at radius 2 is 1.81 bits per heavy atom. The van der Waals surface area contributed by atoms with E-state index in [0.29, 0.717) is 26.3 Å². The Morgan fingerprint density at radius 1 is 1.15 bits per heavy atom. The molecule has 136 valence electrons. The number of anilines is 1. The highest BCUT2D eigenvalue weighted by molar-refractivity contribution is 6.01. The number of carbonyl (C=O) groups excluding carboxylic acids is 2. The van der Waals surface area contributed by atoms with Gasteiger partial charge in [-0.25, -0.2) is 4.79 Å². The summed E-state index contributed by atoms with van der Waals surface area (Å²) in [5.41, 5.74) is -0.362. The molecule has 0 aliphatic carbocycles. The second-order valence-electron chi connectivity index (χ2n) is 5.37. The number of nitrogens with zero attached hydrogens (tertiary/aromatic N) is 4. The molecule has 1 aromatic carbocycles. The summed E-state index contributed by atoms with van der Waals surface area (Å²) < 4.78 is 9.92. The van der Waals surface area contributed by atoms with Crippen LogP contribution < -0.4 is 5.32 Å². The van der Waals surface area contributed by atoms with Crippen LogP contribution in [0.4, 0.5) is 5.69 Å². The zero-order valence-electron chi connectivity index (χ0n) is 14.5. The number of benzene rings is 1. The number of methoxy groups -OCH3 is 1. The smallest absolute Gasteiger partial charge is 0.339 e. The van der Waals surface area contributed by atoms with E-state index in [1.807, 2.05) is 0 Å². The number of allylic oxidation sites excluding steroid dienone is 2. The summed E-state index contributed by atoms with van der Waals surface area (Å²) in [6.45, 7) is 1.76. The molecule has 0 aromatic heterocycles. The van der Waals surface area contributed by atoms with Gasteiger partial charge in [0.05, 0.1) is 31.6 Å². The van der Waals surface area contributed by atoms with Gasteiger partial charge in [-0.1, -0.05) is 0 Å². The molecule has 0 radical (unpaired) electrons. The monoisotopic (exact) mass is 365 g/mol. The quantitative estimate of drug-likeness (QED) is 0.620. The molecule has 1 N–H and O–H groups in total. The molecular formula is C18H15N5O4. The van der Waals surface area contributed by atoms with Crippen molar-refractivity contribution in [3.05, 3.63) is 40.6 Å². The van der Waals surface area contributed by atoms with E-state index in [1.54, 1.807) is 23.1 Å². The lowest BCUT2D eigenvalue weighted by atomic mass is 10.1. The largest absolute Gasteiger partial charge is 0.465 e. The summed E-state index contributed by atoms with van der Waals surface area (Å²) in [5.74, 6) is -0.961. The molecule has 2 rings (SSSR count). The van der Waals surface area contributed by atoms with E-state index in [0.717, 1.165) is 0 Å². The van der Waals surface area contributed by atoms with E-state index in [2.05, 4.69) is 5.32 Å². The Morgan fingerprint density at radius 3 is 2.37 bits per heavy atom. The Kier molecular flexibility index (Phi) is 6.49. The van der Waals surface area contributed by atoms with Crippen LogP contribution in [0, 0.1) is 34.0 Å². The van der Waals surface area contributed by atoms with Crippen molar-refractivity contribution in [1.29, 1.82) is 15.8 Å². The predicted molar refractivity (Wildman–Crippen MR) is 92.0 cm³/mol. The Labute approximate surface area is 155 Å². The van der Waals surface area contributed by atoms with E-state index in [9.17, 15) is 14.9 Å². The fourth-order valence-corrected chi connectivity index (χ4v) is 2.44. The highest BCUT2D eigenvalue weighted by Gasteiger charge is 2.22. The zero-order chi connectivity index (χ0) is 19.8. The first-order valence-corrected chi connectivity index (χ1v) is 7.86. The Balaban J connectivity index is 2.46. The molecule has 0 unspecified atom stereocenters. The van der Waals surface area contributed by atoms with Crippen molar-refractivity contribution in [3.8, 4) is 18.2 Å². The average molecular weight is 365 g/mol. The molecule has 27 heavy (non-hydrogen) atoms. The first-order chi connectivity index (χ1) is 13.0. The summed E-state index contributed by atoms with van der Waals surface area (Å²) in [6, 6.07) is 9.15. The maximum Gasteiger partial charge on any atom is 0.339 e. The first-order valence-electron chi connectivity index (χ1n) is 7.86. The Hall–Kier alpha value is -3.87. The van der Waals surface area contributed by atoms with Gasteiger partial charge in [0.15, 0.2) is 5.57 Å². The molecule has 0 saturated carbocycles. The molecule has 1 fully saturated rings. The number of esters is 1. The lowest BCUT2D eigenvalue weighted by molar-refractivity contribution is 0.0303. The standard InChI is InChI=1S/C18H15N5O4/c1-26-18(25)14-3-2-12(17(24)23-4-6-27-7-5-23)8-15(14)22-16(11-21)13(9-19)10-20/h2-3,8,22H,4-7H2,1H3. The van der Waals surface area contributed by atoms with Gasteiger partial charge in [-0.15, -0.1) is 0 Å².